The molecule has 0 bridgehead atoms. The standard InChI is InChI=1S/C32H32F3N5O3/c1-31(2,3)21-11-12-24-18(15-21)13-14-40-29(38-24)26(28(36)41)27(39-40)19-9-10-20(23(16-19)32(33,34)35)17-37-30(42)22-7-5-6-8-25(22)43-4/h5-12,15-16,38H,13-14,17H2,1-4H3,(H2,36,41)(H,37,42). The summed E-state index contributed by atoms with van der Waals surface area (Å²) in [6, 6.07) is 16.1. The molecule has 1 aromatic heterocycles. The number of nitrogens with two attached hydrogens (primary N) is 1. The van der Waals surface area contributed by atoms with Crippen LogP contribution in [0.1, 0.15) is 63.7 Å². The maximum Gasteiger partial charge on any atom is 0.416 e. The molecule has 0 unspecified atom stereocenters. The van der Waals surface area contributed by atoms with Crippen LogP contribution in [0.15, 0.2) is 60.7 Å². The lowest BCUT2D eigenvalue weighted by Gasteiger charge is -2.21. The summed E-state index contributed by atoms with van der Waals surface area (Å²) in [6.45, 7) is 6.37. The predicted octanol–water partition coefficient (Wildman–Crippen LogP) is 6.20. The Morgan fingerprint density at radius 1 is 1.07 bits per heavy atom. The van der Waals surface area contributed by atoms with E-state index in [1.54, 1.807) is 22.9 Å². The number of amides is 2. The summed E-state index contributed by atoms with van der Waals surface area (Å²) >= 11 is 0. The van der Waals surface area contributed by atoms with E-state index >= 15 is 0 Å². The Labute approximate surface area is 247 Å². The smallest absolute Gasteiger partial charge is 0.416 e. The molecule has 8 nitrogen and oxygen atoms in total. The number of rotatable bonds is 6. The number of hydrogen-bond donors (Lipinski definition) is 3. The largest absolute Gasteiger partial charge is 0.496 e. The molecule has 224 valence electrons. The average Bonchev–Trinajstić information content (AvgIpc) is 3.22. The first-order valence-electron chi connectivity index (χ1n) is 13.7. The van der Waals surface area contributed by atoms with Crippen molar-refractivity contribution in [2.24, 2.45) is 5.73 Å². The fourth-order valence-corrected chi connectivity index (χ4v) is 5.17. The van der Waals surface area contributed by atoms with Crippen molar-refractivity contribution in [2.75, 3.05) is 12.4 Å². The van der Waals surface area contributed by atoms with Crippen LogP contribution in [-0.4, -0.2) is 28.7 Å². The first-order chi connectivity index (χ1) is 20.3. The number of halogens is 3. The highest BCUT2D eigenvalue weighted by atomic mass is 19.4. The first kappa shape index (κ1) is 29.7. The Morgan fingerprint density at radius 3 is 2.49 bits per heavy atom. The van der Waals surface area contributed by atoms with E-state index in [1.165, 1.54) is 25.3 Å². The number of methoxy groups -OCH3 is 1. The molecule has 0 radical (unpaired) electrons. The summed E-state index contributed by atoms with van der Waals surface area (Å²) in [5.74, 6) is -0.771. The molecule has 0 saturated carbocycles. The minimum absolute atomic E-state index is 0.00176. The Balaban J connectivity index is 1.49. The van der Waals surface area contributed by atoms with Crippen LogP contribution in [0.25, 0.3) is 11.3 Å². The number of primary amides is 1. The van der Waals surface area contributed by atoms with Crippen molar-refractivity contribution < 1.29 is 27.5 Å². The van der Waals surface area contributed by atoms with Gasteiger partial charge in [0, 0.05) is 24.3 Å². The van der Waals surface area contributed by atoms with E-state index in [9.17, 15) is 22.8 Å². The fourth-order valence-electron chi connectivity index (χ4n) is 5.17. The highest BCUT2D eigenvalue weighted by molar-refractivity contribution is 6.04. The van der Waals surface area contributed by atoms with E-state index in [4.69, 9.17) is 10.5 Å². The molecule has 0 saturated heterocycles. The second-order valence-corrected chi connectivity index (χ2v) is 11.4. The molecule has 2 heterocycles. The number of aryl methyl sites for hydroxylation is 2. The highest BCUT2D eigenvalue weighted by Crippen LogP contribution is 2.39. The molecule has 5 rings (SSSR count). The van der Waals surface area contributed by atoms with Gasteiger partial charge in [0.05, 0.1) is 18.2 Å². The van der Waals surface area contributed by atoms with E-state index in [-0.39, 0.29) is 39.9 Å². The van der Waals surface area contributed by atoms with Crippen molar-refractivity contribution in [3.8, 4) is 17.0 Å². The van der Waals surface area contributed by atoms with E-state index in [1.807, 2.05) is 12.1 Å². The zero-order valence-corrected chi connectivity index (χ0v) is 24.2. The van der Waals surface area contributed by atoms with Gasteiger partial charge < -0.3 is 21.1 Å². The zero-order chi connectivity index (χ0) is 31.1. The molecule has 0 fully saturated rings. The maximum absolute atomic E-state index is 14.3. The molecule has 1 aliphatic rings. The van der Waals surface area contributed by atoms with Gasteiger partial charge in [-0.1, -0.05) is 57.2 Å². The number of hydrogen-bond acceptors (Lipinski definition) is 5. The lowest BCUT2D eigenvalue weighted by atomic mass is 9.85. The number of aromatic nitrogens is 2. The molecule has 43 heavy (non-hydrogen) atoms. The van der Waals surface area contributed by atoms with E-state index in [0.29, 0.717) is 24.5 Å². The third kappa shape index (κ3) is 5.93. The van der Waals surface area contributed by atoms with Gasteiger partial charge in [0.15, 0.2) is 0 Å². The van der Waals surface area contributed by atoms with Crippen molar-refractivity contribution in [2.45, 2.75) is 51.9 Å². The third-order valence-electron chi connectivity index (χ3n) is 7.50. The number of benzene rings is 3. The van der Waals surface area contributed by atoms with Crippen LogP contribution in [0, 0.1) is 0 Å². The van der Waals surface area contributed by atoms with Crippen LogP contribution >= 0.6 is 0 Å². The second-order valence-electron chi connectivity index (χ2n) is 11.4. The molecule has 3 aromatic carbocycles. The van der Waals surface area contributed by atoms with Gasteiger partial charge in [-0.2, -0.15) is 18.3 Å². The van der Waals surface area contributed by atoms with E-state index in [2.05, 4.69) is 42.6 Å². The summed E-state index contributed by atoms with van der Waals surface area (Å²) in [5, 5.41) is 10.3. The minimum atomic E-state index is -4.74. The number of carbonyl (C=O) groups excluding carboxylic acids is 2. The molecule has 0 spiro atoms. The van der Waals surface area contributed by atoms with Crippen molar-refractivity contribution in [1.82, 2.24) is 15.1 Å². The SMILES string of the molecule is COc1ccccc1C(=O)NCc1ccc(-c2nn3c(c2C(N)=O)Nc2ccc(C(C)(C)C)cc2CC3)cc1C(F)(F)F. The number of anilines is 2. The van der Waals surface area contributed by atoms with E-state index < -0.39 is 23.6 Å². The van der Waals surface area contributed by atoms with Gasteiger partial charge in [0.1, 0.15) is 22.8 Å². The summed E-state index contributed by atoms with van der Waals surface area (Å²) in [5.41, 5.74) is 7.89. The molecule has 11 heteroatoms. The molecule has 2 amide bonds. The number of para-hydroxylation sites is 1. The topological polar surface area (TPSA) is 111 Å². The number of nitrogens with one attached hydrogen (secondary N) is 2. The van der Waals surface area contributed by atoms with Crippen LogP contribution < -0.4 is 21.1 Å². The third-order valence-corrected chi connectivity index (χ3v) is 7.50. The Kier molecular flexibility index (Phi) is 7.68. The van der Waals surface area contributed by atoms with Crippen LogP contribution in [-0.2, 0) is 31.1 Å². The fraction of sp³-hybridized carbons (Fsp3) is 0.281. The molecule has 1 aliphatic heterocycles. The number of nitrogens with zero attached hydrogens (tertiary/aromatic N) is 2. The van der Waals surface area contributed by atoms with Gasteiger partial charge in [-0.15, -0.1) is 0 Å². The van der Waals surface area contributed by atoms with Crippen molar-refractivity contribution in [3.63, 3.8) is 0 Å². The number of fused-ring (bicyclic) bond motifs is 2. The van der Waals surface area contributed by atoms with Gasteiger partial charge >= 0.3 is 6.18 Å². The number of alkyl halides is 3. The van der Waals surface area contributed by atoms with Crippen molar-refractivity contribution in [1.29, 1.82) is 0 Å². The summed E-state index contributed by atoms with van der Waals surface area (Å²) in [6.07, 6.45) is -4.15. The monoisotopic (exact) mass is 591 g/mol. The molecular formula is C32H32F3N5O3. The first-order valence-corrected chi connectivity index (χ1v) is 13.7. The van der Waals surface area contributed by atoms with Crippen LogP contribution in [0.2, 0.25) is 0 Å². The molecular weight excluding hydrogens is 559 g/mol. The van der Waals surface area contributed by atoms with Gasteiger partial charge in [0.2, 0.25) is 0 Å². The van der Waals surface area contributed by atoms with Crippen molar-refractivity contribution in [3.05, 3.63) is 94.0 Å². The summed E-state index contributed by atoms with van der Waals surface area (Å²) < 4.78 is 49.6. The Morgan fingerprint density at radius 2 is 1.81 bits per heavy atom. The quantitative estimate of drug-likeness (QED) is 0.247. The second kappa shape index (κ2) is 11.1. The zero-order valence-electron chi connectivity index (χ0n) is 24.2. The Bertz CT molecular complexity index is 1720. The van der Waals surface area contributed by atoms with Crippen LogP contribution in [0.4, 0.5) is 24.7 Å². The van der Waals surface area contributed by atoms with Crippen LogP contribution in [0.5, 0.6) is 5.75 Å². The maximum atomic E-state index is 14.3. The predicted molar refractivity (Wildman–Crippen MR) is 157 cm³/mol. The molecule has 4 aromatic rings. The van der Waals surface area contributed by atoms with Gasteiger partial charge in [-0.25, -0.2) is 4.68 Å². The van der Waals surface area contributed by atoms with E-state index in [0.717, 1.165) is 22.9 Å². The lowest BCUT2D eigenvalue weighted by Crippen LogP contribution is -2.25. The average molecular weight is 592 g/mol. The summed E-state index contributed by atoms with van der Waals surface area (Å²) in [7, 11) is 1.40. The highest BCUT2D eigenvalue weighted by Gasteiger charge is 2.35. The lowest BCUT2D eigenvalue weighted by molar-refractivity contribution is -0.138. The van der Waals surface area contributed by atoms with Gasteiger partial charge in [-0.3, -0.25) is 9.59 Å². The molecule has 4 N–H and O–H groups in total. The molecule has 0 aliphatic carbocycles. The van der Waals surface area contributed by atoms with Gasteiger partial charge in [-0.05, 0) is 52.8 Å². The molecule has 0 atom stereocenters. The summed E-state index contributed by atoms with van der Waals surface area (Å²) in [4.78, 5) is 25.4. The Hall–Kier alpha value is -4.80. The number of carbonyl (C=O) groups is 2. The van der Waals surface area contributed by atoms with Gasteiger partial charge in [0.25, 0.3) is 11.8 Å². The number of ether oxygens (including phenoxy) is 1. The minimum Gasteiger partial charge on any atom is -0.496 e. The van der Waals surface area contributed by atoms with Crippen LogP contribution in [0.3, 0.4) is 0 Å². The normalized spacial score (nSPS) is 12.9. The van der Waals surface area contributed by atoms with Crippen molar-refractivity contribution >= 4 is 23.3 Å².